The number of aryl methyl sites for hydroxylation is 3. The molecule has 2 aromatic heterocycles. The van der Waals surface area contributed by atoms with Crippen molar-refractivity contribution in [1.82, 2.24) is 29.7 Å². The zero-order valence-electron chi connectivity index (χ0n) is 27.4. The van der Waals surface area contributed by atoms with Crippen molar-refractivity contribution in [3.8, 4) is 11.5 Å². The van der Waals surface area contributed by atoms with Crippen molar-refractivity contribution in [2.24, 2.45) is 11.8 Å². The van der Waals surface area contributed by atoms with Crippen molar-refractivity contribution in [3.05, 3.63) is 52.5 Å². The molecule has 1 aromatic carbocycles. The van der Waals surface area contributed by atoms with E-state index in [-0.39, 0.29) is 46.7 Å². The maximum Gasteiger partial charge on any atom is 0.433 e. The van der Waals surface area contributed by atoms with Crippen molar-refractivity contribution in [3.63, 3.8) is 0 Å². The van der Waals surface area contributed by atoms with Gasteiger partial charge in [0, 0.05) is 56.8 Å². The number of aromatic nitrogens is 3. The summed E-state index contributed by atoms with van der Waals surface area (Å²) < 4.78 is 53.1. The summed E-state index contributed by atoms with van der Waals surface area (Å²) in [6, 6.07) is 5.97. The van der Waals surface area contributed by atoms with Gasteiger partial charge in [-0.15, -0.1) is 0 Å². The number of alkyl halides is 3. The smallest absolute Gasteiger partial charge is 0.433 e. The minimum atomic E-state index is -4.67. The van der Waals surface area contributed by atoms with E-state index >= 15 is 0 Å². The average Bonchev–Trinajstić information content (AvgIpc) is 3.48. The highest BCUT2D eigenvalue weighted by molar-refractivity contribution is 5.93. The number of carbonyl (C=O) groups is 3. The Morgan fingerprint density at radius 2 is 1.79 bits per heavy atom. The van der Waals surface area contributed by atoms with Gasteiger partial charge in [-0.25, -0.2) is 9.50 Å². The van der Waals surface area contributed by atoms with Gasteiger partial charge in [-0.05, 0) is 80.5 Å². The van der Waals surface area contributed by atoms with E-state index in [0.717, 1.165) is 30.0 Å². The highest BCUT2D eigenvalue weighted by Crippen LogP contribution is 2.38. The molecule has 5 heterocycles. The number of halogens is 3. The molecular formula is C34H41F3N6O5. The van der Waals surface area contributed by atoms with Crippen molar-refractivity contribution >= 4 is 23.4 Å². The molecule has 0 unspecified atom stereocenters. The van der Waals surface area contributed by atoms with Crippen LogP contribution < -0.4 is 14.8 Å². The molecule has 258 valence electrons. The first-order valence-corrected chi connectivity index (χ1v) is 16.5. The second-order valence-corrected chi connectivity index (χ2v) is 13.1. The summed E-state index contributed by atoms with van der Waals surface area (Å²) in [4.78, 5) is 48.1. The van der Waals surface area contributed by atoms with Gasteiger partial charge >= 0.3 is 6.18 Å². The molecule has 0 aliphatic carbocycles. The van der Waals surface area contributed by atoms with Crippen LogP contribution in [0.5, 0.6) is 11.5 Å². The van der Waals surface area contributed by atoms with Gasteiger partial charge in [-0.2, -0.15) is 18.3 Å². The number of benzene rings is 1. The molecule has 11 nitrogen and oxygen atoms in total. The second-order valence-electron chi connectivity index (χ2n) is 13.1. The van der Waals surface area contributed by atoms with Crippen LogP contribution in [0.4, 0.5) is 13.2 Å². The third kappa shape index (κ3) is 6.93. The fourth-order valence-electron chi connectivity index (χ4n) is 7.64. The van der Waals surface area contributed by atoms with Crippen LogP contribution in [0.15, 0.2) is 24.3 Å². The summed E-state index contributed by atoms with van der Waals surface area (Å²) in [5, 5.41) is 7.04. The summed E-state index contributed by atoms with van der Waals surface area (Å²) >= 11 is 0. The lowest BCUT2D eigenvalue weighted by Crippen LogP contribution is -2.60. The molecule has 2 fully saturated rings. The van der Waals surface area contributed by atoms with Crippen molar-refractivity contribution < 1.29 is 37.0 Å². The van der Waals surface area contributed by atoms with Crippen LogP contribution in [0, 0.1) is 18.8 Å². The van der Waals surface area contributed by atoms with Crippen molar-refractivity contribution in [2.45, 2.75) is 70.5 Å². The first kappa shape index (κ1) is 33.5. The number of hydrogen-bond acceptors (Lipinski definition) is 7. The molecule has 4 bridgehead atoms. The maximum atomic E-state index is 13.9. The molecular weight excluding hydrogens is 629 g/mol. The van der Waals surface area contributed by atoms with Crippen LogP contribution >= 0.6 is 0 Å². The Balaban J connectivity index is 1.24. The van der Waals surface area contributed by atoms with E-state index < -0.39 is 17.8 Å². The van der Waals surface area contributed by atoms with Crippen LogP contribution in [0.2, 0.25) is 0 Å². The zero-order chi connectivity index (χ0) is 34.2. The SMILES string of the molecule is COc1cc2cc(c1OC)CCCNC(=O)CCC[C@H]1[C@@H]3C[C@@H](CN(C(=O)c4cc5nc(C)cc(C(F)(F)F)n5n4)C3)CN1C(=O)CC2. The van der Waals surface area contributed by atoms with E-state index in [0.29, 0.717) is 80.7 Å². The van der Waals surface area contributed by atoms with E-state index in [4.69, 9.17) is 9.47 Å². The molecule has 3 atom stereocenters. The molecule has 3 aliphatic heterocycles. The molecule has 3 amide bonds. The number of carbonyl (C=O) groups excluding carboxylic acids is 3. The number of rotatable bonds is 3. The summed E-state index contributed by atoms with van der Waals surface area (Å²) in [6.07, 6.45) is -0.134. The normalized spacial score (nSPS) is 22.7. The Morgan fingerprint density at radius 1 is 0.979 bits per heavy atom. The molecule has 48 heavy (non-hydrogen) atoms. The first-order valence-electron chi connectivity index (χ1n) is 16.5. The Kier molecular flexibility index (Phi) is 9.53. The largest absolute Gasteiger partial charge is 0.493 e. The highest BCUT2D eigenvalue weighted by Gasteiger charge is 2.44. The maximum absolute atomic E-state index is 13.9. The molecule has 3 aliphatic rings. The molecule has 6 rings (SSSR count). The van der Waals surface area contributed by atoms with Gasteiger partial charge in [0.25, 0.3) is 5.91 Å². The van der Waals surface area contributed by atoms with E-state index in [2.05, 4.69) is 15.4 Å². The topological polar surface area (TPSA) is 118 Å². The lowest BCUT2D eigenvalue weighted by atomic mass is 9.77. The zero-order valence-corrected chi connectivity index (χ0v) is 27.4. The minimum absolute atomic E-state index is 0.00221. The Morgan fingerprint density at radius 3 is 2.54 bits per heavy atom. The number of amides is 3. The summed E-state index contributed by atoms with van der Waals surface area (Å²) in [5.74, 6) is 0.700. The van der Waals surface area contributed by atoms with E-state index in [1.54, 1.807) is 19.1 Å². The van der Waals surface area contributed by atoms with Gasteiger partial charge in [0.05, 0.1) is 14.2 Å². The molecule has 14 heteroatoms. The minimum Gasteiger partial charge on any atom is -0.493 e. The van der Waals surface area contributed by atoms with Crippen LogP contribution in [-0.4, -0.2) is 88.6 Å². The number of piperidine rings is 2. The molecule has 0 saturated carbocycles. The Bertz CT molecular complexity index is 1710. The predicted octanol–water partition coefficient (Wildman–Crippen LogP) is 4.23. The van der Waals surface area contributed by atoms with Crippen LogP contribution in [0.3, 0.4) is 0 Å². The van der Waals surface area contributed by atoms with Crippen LogP contribution in [0.1, 0.15) is 71.5 Å². The number of methoxy groups -OCH3 is 2. The summed E-state index contributed by atoms with van der Waals surface area (Å²) in [5.41, 5.74) is 0.956. The summed E-state index contributed by atoms with van der Waals surface area (Å²) in [7, 11) is 3.18. The summed E-state index contributed by atoms with van der Waals surface area (Å²) in [6.45, 7) is 3.14. The highest BCUT2D eigenvalue weighted by atomic mass is 19.4. The molecule has 1 N–H and O–H groups in total. The third-order valence-corrected chi connectivity index (χ3v) is 9.73. The van der Waals surface area contributed by atoms with Crippen LogP contribution in [0.25, 0.3) is 5.65 Å². The first-order chi connectivity index (χ1) is 22.9. The molecule has 2 saturated heterocycles. The Labute approximate surface area is 276 Å². The van der Waals surface area contributed by atoms with Crippen molar-refractivity contribution in [2.75, 3.05) is 40.4 Å². The van der Waals surface area contributed by atoms with Gasteiger partial charge in [-0.3, -0.25) is 14.4 Å². The average molecular weight is 671 g/mol. The van der Waals surface area contributed by atoms with Gasteiger partial charge < -0.3 is 24.6 Å². The van der Waals surface area contributed by atoms with Crippen molar-refractivity contribution in [1.29, 1.82) is 0 Å². The van der Waals surface area contributed by atoms with Gasteiger partial charge in [0.15, 0.2) is 22.8 Å². The number of hydrogen-bond donors (Lipinski definition) is 1. The second kappa shape index (κ2) is 13.6. The van der Waals surface area contributed by atoms with E-state index in [1.165, 1.54) is 13.0 Å². The standard InChI is InChI=1S/C34H41F3N6O5/c1-20-12-28(34(35,36)37)43-29(39-20)16-25(40-43)33(46)41-17-22-14-24(19-41)26-7-4-8-30(44)38-11-5-6-23-13-21(9-10-31(45)42(26)18-22)15-27(47-2)32(23)48-3/h12-13,15-16,22,24,26H,4-11,14,17-19H2,1-3H3,(H,38,44)/t22-,24+,26-/m0/s1. The predicted molar refractivity (Wildman–Crippen MR) is 169 cm³/mol. The monoisotopic (exact) mass is 670 g/mol. The molecule has 0 radical (unpaired) electrons. The number of fused-ring (bicyclic) bond motifs is 7. The molecule has 0 spiro atoms. The fraction of sp³-hybridized carbons (Fsp3) is 0.559. The van der Waals surface area contributed by atoms with Gasteiger partial charge in [0.1, 0.15) is 5.69 Å². The number of ether oxygens (including phenoxy) is 2. The quantitative estimate of drug-likeness (QED) is 0.443. The van der Waals surface area contributed by atoms with E-state index in [9.17, 15) is 27.6 Å². The number of nitrogens with one attached hydrogen (secondary N) is 1. The van der Waals surface area contributed by atoms with Crippen LogP contribution in [-0.2, 0) is 28.6 Å². The van der Waals surface area contributed by atoms with Gasteiger partial charge in [-0.1, -0.05) is 6.07 Å². The van der Waals surface area contributed by atoms with E-state index in [1.807, 2.05) is 17.0 Å². The number of nitrogens with zero attached hydrogens (tertiary/aromatic N) is 5. The lowest BCUT2D eigenvalue weighted by Gasteiger charge is -2.51. The fourth-order valence-corrected chi connectivity index (χ4v) is 7.64. The number of likely N-dealkylation sites (tertiary alicyclic amines) is 1. The molecule has 3 aromatic rings. The lowest BCUT2D eigenvalue weighted by molar-refractivity contribution is -0.143. The van der Waals surface area contributed by atoms with Gasteiger partial charge in [0.2, 0.25) is 11.8 Å². The third-order valence-electron chi connectivity index (χ3n) is 9.73. The Hall–Kier alpha value is -4.36.